The van der Waals surface area contributed by atoms with Gasteiger partial charge in [-0.1, -0.05) is 48.5 Å². The van der Waals surface area contributed by atoms with Crippen molar-refractivity contribution in [1.82, 2.24) is 24.6 Å². The predicted molar refractivity (Wildman–Crippen MR) is 113 cm³/mol. The third kappa shape index (κ3) is 3.64. The Balaban J connectivity index is 1.35. The second-order valence-corrected chi connectivity index (χ2v) is 7.39. The van der Waals surface area contributed by atoms with Gasteiger partial charge in [-0.25, -0.2) is 4.68 Å². The second-order valence-electron chi connectivity index (χ2n) is 7.39. The Kier molecular flexibility index (Phi) is 4.57. The van der Waals surface area contributed by atoms with Gasteiger partial charge in [0.15, 0.2) is 5.65 Å². The maximum absolute atomic E-state index is 12.5. The van der Waals surface area contributed by atoms with E-state index in [1.807, 2.05) is 36.4 Å². The molecule has 0 spiro atoms. The predicted octanol–water partition coefficient (Wildman–Crippen LogP) is 2.80. The third-order valence-corrected chi connectivity index (χ3v) is 5.30. The summed E-state index contributed by atoms with van der Waals surface area (Å²) in [6.07, 6.45) is 2.57. The highest BCUT2D eigenvalue weighted by Crippen LogP contribution is 2.18. The van der Waals surface area contributed by atoms with Crippen LogP contribution in [0.25, 0.3) is 16.7 Å². The SMILES string of the molecule is O=c1[nH]c(N[C@H]2CCN(Cc3ccccc3)C2)nc2c1cnn2-c1ccccc1. The summed E-state index contributed by atoms with van der Waals surface area (Å²) >= 11 is 0. The van der Waals surface area contributed by atoms with Crippen LogP contribution in [0.4, 0.5) is 5.95 Å². The van der Waals surface area contributed by atoms with Crippen molar-refractivity contribution in [2.75, 3.05) is 18.4 Å². The minimum absolute atomic E-state index is 0.182. The molecule has 0 unspecified atom stereocenters. The van der Waals surface area contributed by atoms with E-state index in [1.54, 1.807) is 10.9 Å². The van der Waals surface area contributed by atoms with Crippen molar-refractivity contribution < 1.29 is 0 Å². The van der Waals surface area contributed by atoms with Crippen LogP contribution in [0.3, 0.4) is 0 Å². The molecule has 1 saturated heterocycles. The van der Waals surface area contributed by atoms with E-state index in [0.717, 1.165) is 31.7 Å². The zero-order chi connectivity index (χ0) is 19.6. The average Bonchev–Trinajstić information content (AvgIpc) is 3.37. The molecule has 2 aromatic carbocycles. The van der Waals surface area contributed by atoms with Crippen molar-refractivity contribution in [3.05, 3.63) is 82.8 Å². The van der Waals surface area contributed by atoms with Crippen LogP contribution in [-0.4, -0.2) is 43.8 Å². The van der Waals surface area contributed by atoms with Crippen LogP contribution < -0.4 is 10.9 Å². The van der Waals surface area contributed by atoms with Crippen molar-refractivity contribution >= 4 is 17.0 Å². The number of hydrogen-bond acceptors (Lipinski definition) is 5. The number of aromatic nitrogens is 4. The summed E-state index contributed by atoms with van der Waals surface area (Å²) in [4.78, 5) is 22.5. The van der Waals surface area contributed by atoms with Gasteiger partial charge in [-0.2, -0.15) is 10.1 Å². The van der Waals surface area contributed by atoms with Crippen molar-refractivity contribution in [2.45, 2.75) is 19.0 Å². The zero-order valence-electron chi connectivity index (χ0n) is 16.0. The molecule has 4 aromatic rings. The largest absolute Gasteiger partial charge is 0.352 e. The minimum Gasteiger partial charge on any atom is -0.352 e. The quantitative estimate of drug-likeness (QED) is 0.551. The van der Waals surface area contributed by atoms with Gasteiger partial charge in [-0.3, -0.25) is 14.7 Å². The fraction of sp³-hybridized carbons (Fsp3) is 0.227. The van der Waals surface area contributed by atoms with Crippen molar-refractivity contribution in [3.63, 3.8) is 0 Å². The second kappa shape index (κ2) is 7.52. The van der Waals surface area contributed by atoms with Gasteiger partial charge in [0.25, 0.3) is 5.56 Å². The number of nitrogens with one attached hydrogen (secondary N) is 2. The Morgan fingerprint density at radius 1 is 1.07 bits per heavy atom. The van der Waals surface area contributed by atoms with E-state index < -0.39 is 0 Å². The van der Waals surface area contributed by atoms with Gasteiger partial charge in [0.2, 0.25) is 5.95 Å². The summed E-state index contributed by atoms with van der Waals surface area (Å²) in [5, 5.41) is 8.25. The highest BCUT2D eigenvalue weighted by atomic mass is 16.1. The summed E-state index contributed by atoms with van der Waals surface area (Å²) in [7, 11) is 0. The first-order valence-corrected chi connectivity index (χ1v) is 9.82. The Labute approximate surface area is 168 Å². The average molecular weight is 386 g/mol. The van der Waals surface area contributed by atoms with E-state index in [4.69, 9.17) is 0 Å². The highest BCUT2D eigenvalue weighted by molar-refractivity contribution is 5.76. The van der Waals surface area contributed by atoms with E-state index in [0.29, 0.717) is 17.0 Å². The first-order valence-electron chi connectivity index (χ1n) is 9.82. The number of aromatic amines is 1. The molecule has 0 aliphatic carbocycles. The smallest absolute Gasteiger partial charge is 0.263 e. The van der Waals surface area contributed by atoms with Gasteiger partial charge in [0.1, 0.15) is 5.39 Å². The van der Waals surface area contributed by atoms with Crippen molar-refractivity contribution in [2.24, 2.45) is 0 Å². The van der Waals surface area contributed by atoms with Gasteiger partial charge in [0.05, 0.1) is 11.9 Å². The zero-order valence-corrected chi connectivity index (χ0v) is 16.0. The Bertz CT molecular complexity index is 1170. The number of H-pyrrole nitrogens is 1. The van der Waals surface area contributed by atoms with E-state index in [-0.39, 0.29) is 11.6 Å². The number of anilines is 1. The topological polar surface area (TPSA) is 78.8 Å². The molecule has 1 fully saturated rings. The van der Waals surface area contributed by atoms with Crippen LogP contribution in [0.15, 0.2) is 71.7 Å². The summed E-state index contributed by atoms with van der Waals surface area (Å²) in [5.74, 6) is 0.492. The van der Waals surface area contributed by atoms with Crippen molar-refractivity contribution in [1.29, 1.82) is 0 Å². The van der Waals surface area contributed by atoms with Crippen LogP contribution in [0.2, 0.25) is 0 Å². The molecule has 0 amide bonds. The van der Waals surface area contributed by atoms with Gasteiger partial charge < -0.3 is 5.32 Å². The maximum atomic E-state index is 12.5. The Morgan fingerprint density at radius 2 is 1.83 bits per heavy atom. The molecule has 7 heteroatoms. The molecule has 2 aromatic heterocycles. The fourth-order valence-electron chi connectivity index (χ4n) is 3.87. The molecule has 1 aliphatic rings. The summed E-state index contributed by atoms with van der Waals surface area (Å²) in [6, 6.07) is 20.4. The molecular formula is C22H22N6O. The highest BCUT2D eigenvalue weighted by Gasteiger charge is 2.23. The lowest BCUT2D eigenvalue weighted by atomic mass is 10.2. The number of hydrogen-bond donors (Lipinski definition) is 2. The van der Waals surface area contributed by atoms with Crippen molar-refractivity contribution in [3.8, 4) is 5.69 Å². The van der Waals surface area contributed by atoms with E-state index in [1.165, 1.54) is 5.56 Å². The van der Waals surface area contributed by atoms with Crippen LogP contribution >= 0.6 is 0 Å². The molecule has 0 radical (unpaired) electrons. The van der Waals surface area contributed by atoms with Crippen LogP contribution in [0.1, 0.15) is 12.0 Å². The maximum Gasteiger partial charge on any atom is 0.263 e. The summed E-state index contributed by atoms with van der Waals surface area (Å²) < 4.78 is 1.70. The van der Waals surface area contributed by atoms with Crippen LogP contribution in [0.5, 0.6) is 0 Å². The number of nitrogens with zero attached hydrogens (tertiary/aromatic N) is 4. The molecule has 146 valence electrons. The number of para-hydroxylation sites is 1. The molecule has 7 nitrogen and oxygen atoms in total. The Hall–Kier alpha value is -3.45. The normalized spacial score (nSPS) is 17.0. The summed E-state index contributed by atoms with van der Waals surface area (Å²) in [6.45, 7) is 2.86. The lowest BCUT2D eigenvalue weighted by Crippen LogP contribution is -2.27. The van der Waals surface area contributed by atoms with E-state index in [2.05, 4.69) is 49.5 Å². The van der Waals surface area contributed by atoms with Gasteiger partial charge in [-0.15, -0.1) is 0 Å². The fourth-order valence-corrected chi connectivity index (χ4v) is 3.87. The molecule has 29 heavy (non-hydrogen) atoms. The van der Waals surface area contributed by atoms with Gasteiger partial charge >= 0.3 is 0 Å². The first kappa shape index (κ1) is 17.6. The molecule has 1 aliphatic heterocycles. The third-order valence-electron chi connectivity index (χ3n) is 5.30. The number of fused-ring (bicyclic) bond motifs is 1. The summed E-state index contributed by atoms with van der Waals surface area (Å²) in [5.41, 5.74) is 2.56. The van der Waals surface area contributed by atoms with E-state index >= 15 is 0 Å². The minimum atomic E-state index is -0.182. The monoisotopic (exact) mass is 386 g/mol. The van der Waals surface area contributed by atoms with Gasteiger partial charge in [-0.05, 0) is 24.1 Å². The lowest BCUT2D eigenvalue weighted by Gasteiger charge is -2.17. The molecule has 1 atom stereocenters. The molecule has 2 N–H and O–H groups in total. The molecule has 0 bridgehead atoms. The Morgan fingerprint density at radius 3 is 2.62 bits per heavy atom. The molecular weight excluding hydrogens is 364 g/mol. The van der Waals surface area contributed by atoms with Crippen LogP contribution in [-0.2, 0) is 6.54 Å². The molecule has 5 rings (SSSR count). The molecule has 3 heterocycles. The lowest BCUT2D eigenvalue weighted by molar-refractivity contribution is 0.328. The van der Waals surface area contributed by atoms with Gasteiger partial charge in [0, 0.05) is 25.7 Å². The molecule has 0 saturated carbocycles. The number of rotatable bonds is 5. The van der Waals surface area contributed by atoms with E-state index in [9.17, 15) is 4.79 Å². The first-order chi connectivity index (χ1) is 14.3. The number of benzene rings is 2. The number of likely N-dealkylation sites (tertiary alicyclic amines) is 1. The van der Waals surface area contributed by atoms with Crippen LogP contribution in [0, 0.1) is 0 Å². The standard InChI is InChI=1S/C22H22N6O/c29-21-19-13-23-28(18-9-5-2-6-10-18)20(19)25-22(26-21)24-17-11-12-27(15-17)14-16-7-3-1-4-8-16/h1-10,13,17H,11-12,14-15H2,(H2,24,25,26,29)/t17-/m0/s1.